The predicted octanol–water partition coefficient (Wildman–Crippen LogP) is 2.44. The van der Waals surface area contributed by atoms with Crippen LogP contribution in [-0.4, -0.2) is 30.6 Å². The van der Waals surface area contributed by atoms with Crippen LogP contribution < -0.4 is 10.5 Å². The van der Waals surface area contributed by atoms with E-state index in [1.165, 1.54) is 11.1 Å². The van der Waals surface area contributed by atoms with E-state index in [0.29, 0.717) is 5.96 Å². The van der Waals surface area contributed by atoms with Crippen LogP contribution in [0.4, 0.5) is 0 Å². The molecule has 0 radical (unpaired) electrons. The van der Waals surface area contributed by atoms with Crippen LogP contribution in [-0.2, 0) is 13.0 Å². The van der Waals surface area contributed by atoms with Crippen molar-refractivity contribution in [2.45, 2.75) is 19.0 Å². The van der Waals surface area contributed by atoms with Crippen LogP contribution in [0.15, 0.2) is 59.6 Å². The van der Waals surface area contributed by atoms with Gasteiger partial charge in [0.1, 0.15) is 5.75 Å². The van der Waals surface area contributed by atoms with E-state index in [9.17, 15) is 0 Å². The Morgan fingerprint density at radius 1 is 1.09 bits per heavy atom. The summed E-state index contributed by atoms with van der Waals surface area (Å²) in [5.41, 5.74) is 8.58. The molecule has 1 aliphatic heterocycles. The minimum Gasteiger partial charge on any atom is -0.497 e. The van der Waals surface area contributed by atoms with E-state index >= 15 is 0 Å². The van der Waals surface area contributed by atoms with Gasteiger partial charge in [0.15, 0.2) is 5.96 Å². The summed E-state index contributed by atoms with van der Waals surface area (Å²) in [6, 6.07) is 18.7. The number of guanidine groups is 1. The van der Waals surface area contributed by atoms with Gasteiger partial charge >= 0.3 is 0 Å². The number of nitrogens with zero attached hydrogens (tertiary/aromatic N) is 2. The average molecular weight is 295 g/mol. The first-order chi connectivity index (χ1) is 10.7. The number of hydrogen-bond acceptors (Lipinski definition) is 4. The summed E-state index contributed by atoms with van der Waals surface area (Å²) >= 11 is 0. The van der Waals surface area contributed by atoms with E-state index in [4.69, 9.17) is 10.5 Å². The highest BCUT2D eigenvalue weighted by Gasteiger charge is 2.23. The fourth-order valence-electron chi connectivity index (χ4n) is 2.75. The highest BCUT2D eigenvalue weighted by atomic mass is 16.5. The van der Waals surface area contributed by atoms with Crippen LogP contribution in [0.2, 0.25) is 0 Å². The second-order valence-electron chi connectivity index (χ2n) is 5.56. The number of ether oxygens (including phenoxy) is 1. The summed E-state index contributed by atoms with van der Waals surface area (Å²) in [6.07, 6.45) is 0.899. The van der Waals surface area contributed by atoms with Crippen LogP contribution in [0.25, 0.3) is 0 Å². The standard InChI is InChI=1S/C18H21N3O/c1-22-17-9-7-14(8-10-17)11-16-13-21(18(19)20-16)12-15-5-3-2-4-6-15/h2-10,16H,11-13H2,1H3,(H2,19,20)/t16-/m0/s1. The van der Waals surface area contributed by atoms with E-state index in [1.54, 1.807) is 7.11 Å². The van der Waals surface area contributed by atoms with Crippen molar-refractivity contribution in [2.24, 2.45) is 10.7 Å². The fraction of sp³-hybridized carbons (Fsp3) is 0.278. The van der Waals surface area contributed by atoms with Crippen molar-refractivity contribution >= 4 is 5.96 Å². The van der Waals surface area contributed by atoms with Crippen molar-refractivity contribution in [3.63, 3.8) is 0 Å². The predicted molar refractivity (Wildman–Crippen MR) is 89.0 cm³/mol. The molecule has 1 atom stereocenters. The van der Waals surface area contributed by atoms with Crippen molar-refractivity contribution in [1.29, 1.82) is 0 Å². The fourth-order valence-corrected chi connectivity index (χ4v) is 2.75. The minimum absolute atomic E-state index is 0.220. The normalized spacial score (nSPS) is 17.4. The molecule has 4 nitrogen and oxygen atoms in total. The SMILES string of the molecule is COc1ccc(C[C@H]2CN(Cc3ccccc3)C(N)=N2)cc1. The Bertz CT molecular complexity index is 637. The van der Waals surface area contributed by atoms with E-state index in [-0.39, 0.29) is 6.04 Å². The van der Waals surface area contributed by atoms with Crippen LogP contribution in [0.3, 0.4) is 0 Å². The topological polar surface area (TPSA) is 50.9 Å². The molecular weight excluding hydrogens is 274 g/mol. The van der Waals surface area contributed by atoms with Gasteiger partial charge < -0.3 is 15.4 Å². The smallest absolute Gasteiger partial charge is 0.191 e. The zero-order valence-electron chi connectivity index (χ0n) is 12.8. The third-order valence-electron chi connectivity index (χ3n) is 3.92. The zero-order chi connectivity index (χ0) is 15.4. The Morgan fingerprint density at radius 3 is 2.50 bits per heavy atom. The summed E-state index contributed by atoms with van der Waals surface area (Å²) in [4.78, 5) is 6.74. The number of methoxy groups -OCH3 is 1. The Morgan fingerprint density at radius 2 is 1.82 bits per heavy atom. The first kappa shape index (κ1) is 14.4. The molecule has 0 saturated heterocycles. The monoisotopic (exact) mass is 295 g/mol. The lowest BCUT2D eigenvalue weighted by Gasteiger charge is -2.18. The van der Waals surface area contributed by atoms with Crippen molar-refractivity contribution in [1.82, 2.24) is 4.90 Å². The maximum atomic E-state index is 6.07. The molecule has 0 saturated carbocycles. The van der Waals surface area contributed by atoms with Gasteiger partial charge in [0, 0.05) is 13.1 Å². The molecule has 0 bridgehead atoms. The summed E-state index contributed by atoms with van der Waals surface area (Å²) in [5.74, 6) is 1.52. The van der Waals surface area contributed by atoms with Gasteiger partial charge in [0.25, 0.3) is 0 Å². The van der Waals surface area contributed by atoms with Crippen molar-refractivity contribution in [3.05, 3.63) is 65.7 Å². The van der Waals surface area contributed by atoms with Crippen LogP contribution in [0, 0.1) is 0 Å². The number of aliphatic imine (C=N–C) groups is 1. The molecule has 3 rings (SSSR count). The van der Waals surface area contributed by atoms with E-state index in [0.717, 1.165) is 25.3 Å². The molecule has 1 heterocycles. The lowest BCUT2D eigenvalue weighted by atomic mass is 10.1. The highest BCUT2D eigenvalue weighted by Crippen LogP contribution is 2.18. The molecule has 2 aromatic rings. The largest absolute Gasteiger partial charge is 0.497 e. The first-order valence-corrected chi connectivity index (χ1v) is 7.49. The van der Waals surface area contributed by atoms with Gasteiger partial charge in [-0.3, -0.25) is 0 Å². The van der Waals surface area contributed by atoms with Crippen LogP contribution in [0.5, 0.6) is 5.75 Å². The molecule has 1 aliphatic rings. The Balaban J connectivity index is 1.60. The number of hydrogen-bond donors (Lipinski definition) is 1. The van der Waals surface area contributed by atoms with Gasteiger partial charge in [-0.1, -0.05) is 42.5 Å². The van der Waals surface area contributed by atoms with Crippen molar-refractivity contribution in [2.75, 3.05) is 13.7 Å². The summed E-state index contributed by atoms with van der Waals surface area (Å²) < 4.78 is 5.18. The van der Waals surface area contributed by atoms with Crippen LogP contribution >= 0.6 is 0 Å². The average Bonchev–Trinajstić information content (AvgIpc) is 2.88. The Hall–Kier alpha value is -2.49. The van der Waals surface area contributed by atoms with E-state index in [1.807, 2.05) is 30.3 Å². The molecule has 0 aliphatic carbocycles. The van der Waals surface area contributed by atoms with Gasteiger partial charge in [-0.25, -0.2) is 4.99 Å². The third-order valence-corrected chi connectivity index (χ3v) is 3.92. The molecule has 0 spiro atoms. The molecule has 4 heteroatoms. The van der Waals surface area contributed by atoms with Gasteiger partial charge in [-0.2, -0.15) is 0 Å². The molecule has 2 aromatic carbocycles. The number of rotatable bonds is 5. The van der Waals surface area contributed by atoms with Crippen LogP contribution in [0.1, 0.15) is 11.1 Å². The van der Waals surface area contributed by atoms with E-state index in [2.05, 4.69) is 34.2 Å². The molecule has 0 fully saturated rings. The molecule has 0 unspecified atom stereocenters. The van der Waals surface area contributed by atoms with Gasteiger partial charge in [0.05, 0.1) is 13.2 Å². The summed E-state index contributed by atoms with van der Waals surface area (Å²) in [6.45, 7) is 1.68. The van der Waals surface area contributed by atoms with Gasteiger partial charge in [0.2, 0.25) is 0 Å². The second kappa shape index (κ2) is 6.52. The number of benzene rings is 2. The van der Waals surface area contributed by atoms with Gasteiger partial charge in [-0.15, -0.1) is 0 Å². The lowest BCUT2D eigenvalue weighted by molar-refractivity contribution is 0.411. The zero-order valence-corrected chi connectivity index (χ0v) is 12.8. The lowest BCUT2D eigenvalue weighted by Crippen LogP contribution is -2.34. The highest BCUT2D eigenvalue weighted by molar-refractivity contribution is 5.80. The van der Waals surface area contributed by atoms with Crippen molar-refractivity contribution in [3.8, 4) is 5.75 Å². The molecular formula is C18H21N3O. The van der Waals surface area contributed by atoms with Gasteiger partial charge in [-0.05, 0) is 29.7 Å². The first-order valence-electron chi connectivity index (χ1n) is 7.49. The molecule has 22 heavy (non-hydrogen) atoms. The summed E-state index contributed by atoms with van der Waals surface area (Å²) in [5, 5.41) is 0. The molecule has 0 amide bonds. The van der Waals surface area contributed by atoms with Crippen molar-refractivity contribution < 1.29 is 4.74 Å². The summed E-state index contributed by atoms with van der Waals surface area (Å²) in [7, 11) is 1.68. The third kappa shape index (κ3) is 3.39. The quantitative estimate of drug-likeness (QED) is 0.921. The molecule has 0 aromatic heterocycles. The molecule has 2 N–H and O–H groups in total. The van der Waals surface area contributed by atoms with E-state index < -0.39 is 0 Å². The minimum atomic E-state index is 0.220. The Kier molecular flexibility index (Phi) is 4.28. The number of nitrogens with two attached hydrogens (primary N) is 1. The Labute approximate surface area is 131 Å². The second-order valence-corrected chi connectivity index (χ2v) is 5.56. The maximum Gasteiger partial charge on any atom is 0.191 e. The molecule has 114 valence electrons. The maximum absolute atomic E-state index is 6.07.